The van der Waals surface area contributed by atoms with Crippen LogP contribution in [0, 0.1) is 18.7 Å². The third kappa shape index (κ3) is 10.1. The van der Waals surface area contributed by atoms with Crippen LogP contribution in [0.3, 0.4) is 0 Å². The molecule has 0 aliphatic carbocycles. The van der Waals surface area contributed by atoms with E-state index in [4.69, 9.17) is 20.3 Å². The number of benzene rings is 1. The Balaban J connectivity index is 2.89. The maximum Gasteiger partial charge on any atom is 0.407 e. The molecule has 8 nitrogen and oxygen atoms in total. The average Bonchev–Trinajstić information content (AvgIpc) is 2.62. The summed E-state index contributed by atoms with van der Waals surface area (Å²) in [7, 11) is 0. The number of carboxylic acids is 1. The zero-order valence-electron chi connectivity index (χ0n) is 18.8. The molecule has 0 aromatic heterocycles. The minimum absolute atomic E-state index is 0.00644. The van der Waals surface area contributed by atoms with Gasteiger partial charge in [-0.3, -0.25) is 9.59 Å². The highest BCUT2D eigenvalue weighted by molar-refractivity contribution is 5.74. The Kier molecular flexibility index (Phi) is 9.74. The number of amides is 2. The van der Waals surface area contributed by atoms with Crippen molar-refractivity contribution in [3.05, 3.63) is 29.1 Å². The Labute approximate surface area is 182 Å². The molecule has 2 amide bonds. The Hall–Kier alpha value is -2.84. The normalized spacial score (nSPS) is 13.2. The number of alkyl carbamates (subject to hydrolysis) is 1. The highest BCUT2D eigenvalue weighted by Gasteiger charge is 2.22. The summed E-state index contributed by atoms with van der Waals surface area (Å²) in [4.78, 5) is 34.2. The van der Waals surface area contributed by atoms with Gasteiger partial charge in [0, 0.05) is 6.42 Å². The molecule has 31 heavy (non-hydrogen) atoms. The first-order valence-electron chi connectivity index (χ1n) is 10.2. The monoisotopic (exact) mass is 440 g/mol. The van der Waals surface area contributed by atoms with E-state index >= 15 is 0 Å². The van der Waals surface area contributed by atoms with Crippen molar-refractivity contribution >= 4 is 18.0 Å². The fourth-order valence-electron chi connectivity index (χ4n) is 2.77. The maximum atomic E-state index is 14.9. The van der Waals surface area contributed by atoms with E-state index in [0.717, 1.165) is 5.56 Å². The molecule has 0 aliphatic heterocycles. The van der Waals surface area contributed by atoms with Gasteiger partial charge in [-0.15, -0.1) is 0 Å². The van der Waals surface area contributed by atoms with Crippen LogP contribution in [0.5, 0.6) is 5.75 Å². The molecule has 1 unspecified atom stereocenters. The van der Waals surface area contributed by atoms with Crippen molar-refractivity contribution < 1.29 is 33.4 Å². The number of nitrogens with one attached hydrogen (secondary N) is 1. The van der Waals surface area contributed by atoms with Gasteiger partial charge < -0.3 is 25.6 Å². The number of rotatable bonds is 11. The SMILES string of the molecule is Cc1cc(CCC(C)C(=O)O)c(F)c(OC[C@H](CCC(N)=O)NC(=O)OC(C)(C)C)c1. The molecule has 1 rings (SSSR count). The molecule has 4 N–H and O–H groups in total. The summed E-state index contributed by atoms with van der Waals surface area (Å²) >= 11 is 0. The molecule has 0 saturated heterocycles. The number of carbonyl (C=O) groups excluding carboxylic acids is 2. The van der Waals surface area contributed by atoms with Crippen LogP contribution < -0.4 is 15.8 Å². The van der Waals surface area contributed by atoms with Crippen LogP contribution >= 0.6 is 0 Å². The van der Waals surface area contributed by atoms with Crippen molar-refractivity contribution in [3.63, 3.8) is 0 Å². The molecule has 0 aliphatic rings. The zero-order chi connectivity index (χ0) is 23.8. The lowest BCUT2D eigenvalue weighted by molar-refractivity contribution is -0.141. The van der Waals surface area contributed by atoms with Crippen molar-refractivity contribution in [3.8, 4) is 5.75 Å². The van der Waals surface area contributed by atoms with E-state index in [9.17, 15) is 18.8 Å². The lowest BCUT2D eigenvalue weighted by atomic mass is 9.99. The molecule has 174 valence electrons. The number of hydrogen-bond acceptors (Lipinski definition) is 5. The second-order valence-corrected chi connectivity index (χ2v) is 8.67. The fraction of sp³-hybridized carbons (Fsp3) is 0.591. The third-order valence-electron chi connectivity index (χ3n) is 4.43. The van der Waals surface area contributed by atoms with Crippen LogP contribution in [0.15, 0.2) is 12.1 Å². The summed E-state index contributed by atoms with van der Waals surface area (Å²) in [6, 6.07) is 2.55. The molecule has 0 heterocycles. The Morgan fingerprint density at radius 2 is 1.87 bits per heavy atom. The van der Waals surface area contributed by atoms with Crippen molar-refractivity contribution in [2.45, 2.75) is 71.9 Å². The fourth-order valence-corrected chi connectivity index (χ4v) is 2.77. The van der Waals surface area contributed by atoms with Gasteiger partial charge >= 0.3 is 12.1 Å². The van der Waals surface area contributed by atoms with Gasteiger partial charge in [-0.1, -0.05) is 13.0 Å². The smallest absolute Gasteiger partial charge is 0.407 e. The number of nitrogens with two attached hydrogens (primary N) is 1. The van der Waals surface area contributed by atoms with Crippen molar-refractivity contribution in [2.24, 2.45) is 11.7 Å². The number of halogens is 1. The zero-order valence-corrected chi connectivity index (χ0v) is 18.8. The van der Waals surface area contributed by atoms with E-state index in [0.29, 0.717) is 5.56 Å². The number of aryl methyl sites for hydroxylation is 2. The molecule has 0 saturated carbocycles. The van der Waals surface area contributed by atoms with Crippen LogP contribution in [-0.2, 0) is 20.7 Å². The van der Waals surface area contributed by atoms with Gasteiger partial charge in [0.15, 0.2) is 11.6 Å². The third-order valence-corrected chi connectivity index (χ3v) is 4.43. The quantitative estimate of drug-likeness (QED) is 0.484. The average molecular weight is 441 g/mol. The number of aliphatic carboxylic acids is 1. The summed E-state index contributed by atoms with van der Waals surface area (Å²) in [6.45, 7) is 8.40. The molecule has 0 bridgehead atoms. The summed E-state index contributed by atoms with van der Waals surface area (Å²) < 4.78 is 25.7. The molecule has 2 atom stereocenters. The van der Waals surface area contributed by atoms with Crippen molar-refractivity contribution in [2.75, 3.05) is 6.61 Å². The van der Waals surface area contributed by atoms with E-state index in [1.165, 1.54) is 6.07 Å². The Morgan fingerprint density at radius 1 is 1.23 bits per heavy atom. The van der Waals surface area contributed by atoms with E-state index in [1.54, 1.807) is 40.7 Å². The van der Waals surface area contributed by atoms with Gasteiger partial charge in [-0.05, 0) is 64.2 Å². The molecule has 0 spiro atoms. The van der Waals surface area contributed by atoms with E-state index in [2.05, 4.69) is 5.32 Å². The van der Waals surface area contributed by atoms with Gasteiger partial charge in [0.1, 0.15) is 12.2 Å². The first-order chi connectivity index (χ1) is 14.3. The van der Waals surface area contributed by atoms with Gasteiger partial charge in [0.05, 0.1) is 12.0 Å². The number of ether oxygens (including phenoxy) is 2. The van der Waals surface area contributed by atoms with Crippen LogP contribution in [0.25, 0.3) is 0 Å². The van der Waals surface area contributed by atoms with Crippen LogP contribution in [-0.4, -0.2) is 41.3 Å². The molecule has 0 fully saturated rings. The van der Waals surface area contributed by atoms with Crippen LogP contribution in [0.4, 0.5) is 9.18 Å². The topological polar surface area (TPSA) is 128 Å². The van der Waals surface area contributed by atoms with Crippen LogP contribution in [0.2, 0.25) is 0 Å². The summed E-state index contributed by atoms with van der Waals surface area (Å²) in [5.41, 5.74) is 5.60. The highest BCUT2D eigenvalue weighted by Crippen LogP contribution is 2.25. The highest BCUT2D eigenvalue weighted by atomic mass is 19.1. The summed E-state index contributed by atoms with van der Waals surface area (Å²) in [5.74, 6) is -2.65. The number of hydrogen-bond donors (Lipinski definition) is 3. The second kappa shape index (κ2) is 11.5. The molecule has 0 radical (unpaired) electrons. The molecular weight excluding hydrogens is 407 g/mol. The largest absolute Gasteiger partial charge is 0.488 e. The first-order valence-corrected chi connectivity index (χ1v) is 10.2. The number of carboxylic acid groups (broad SMARTS) is 1. The van der Waals surface area contributed by atoms with E-state index in [1.807, 2.05) is 0 Å². The lowest BCUT2D eigenvalue weighted by Gasteiger charge is -2.24. The summed E-state index contributed by atoms with van der Waals surface area (Å²) in [6.07, 6.45) is 0.0668. The summed E-state index contributed by atoms with van der Waals surface area (Å²) in [5, 5.41) is 11.6. The minimum atomic E-state index is -0.935. The first kappa shape index (κ1) is 26.2. The van der Waals surface area contributed by atoms with Gasteiger partial charge in [-0.2, -0.15) is 0 Å². The maximum absolute atomic E-state index is 14.9. The van der Waals surface area contributed by atoms with E-state index in [-0.39, 0.29) is 38.0 Å². The minimum Gasteiger partial charge on any atom is -0.488 e. The lowest BCUT2D eigenvalue weighted by Crippen LogP contribution is -2.42. The predicted octanol–water partition coefficient (Wildman–Crippen LogP) is 3.33. The Morgan fingerprint density at radius 3 is 2.42 bits per heavy atom. The van der Waals surface area contributed by atoms with Crippen molar-refractivity contribution in [1.82, 2.24) is 5.32 Å². The number of carbonyl (C=O) groups is 3. The van der Waals surface area contributed by atoms with Crippen molar-refractivity contribution in [1.29, 1.82) is 0 Å². The second-order valence-electron chi connectivity index (χ2n) is 8.67. The Bertz CT molecular complexity index is 791. The molecule has 1 aromatic rings. The molecular formula is C22H33FN2O6. The van der Waals surface area contributed by atoms with Gasteiger partial charge in [0.25, 0.3) is 0 Å². The number of primary amides is 1. The van der Waals surface area contributed by atoms with E-state index < -0.39 is 41.3 Å². The van der Waals surface area contributed by atoms with Gasteiger partial charge in [0.2, 0.25) is 5.91 Å². The van der Waals surface area contributed by atoms with Crippen LogP contribution in [0.1, 0.15) is 58.1 Å². The van der Waals surface area contributed by atoms with Gasteiger partial charge in [-0.25, -0.2) is 9.18 Å². The standard InChI is InChI=1S/C22H33FN2O6/c1-13-10-15(7-6-14(2)20(27)28)19(23)17(11-13)30-12-16(8-9-18(24)26)25-21(29)31-22(3,4)5/h10-11,14,16H,6-9,12H2,1-5H3,(H2,24,26)(H,25,29)(H,27,28)/t14?,16-/m0/s1. The molecule has 1 aromatic carbocycles. The molecule has 9 heteroatoms. The predicted molar refractivity (Wildman–Crippen MR) is 113 cm³/mol.